The monoisotopic (exact) mass is 303 g/mol. The Labute approximate surface area is 120 Å². The van der Waals surface area contributed by atoms with Gasteiger partial charge in [-0.05, 0) is 11.6 Å². The van der Waals surface area contributed by atoms with Gasteiger partial charge in [-0.1, -0.05) is 18.2 Å². The van der Waals surface area contributed by atoms with E-state index in [2.05, 4.69) is 0 Å². The van der Waals surface area contributed by atoms with Crippen LogP contribution in [0.4, 0.5) is 13.2 Å². The van der Waals surface area contributed by atoms with E-state index in [9.17, 15) is 23.1 Å². The Morgan fingerprint density at radius 1 is 1.38 bits per heavy atom. The van der Waals surface area contributed by atoms with Crippen LogP contribution >= 0.6 is 0 Å². The molecule has 1 saturated heterocycles. The summed E-state index contributed by atoms with van der Waals surface area (Å²) in [5.41, 5.74) is -0.856. The Morgan fingerprint density at radius 2 is 2.10 bits per heavy atom. The smallest absolute Gasteiger partial charge is 0.394 e. The highest BCUT2D eigenvalue weighted by Gasteiger charge is 2.34. The number of aliphatic hydroxyl groups excluding tert-OH is 1. The second-order valence-electron chi connectivity index (χ2n) is 4.83. The third-order valence-electron chi connectivity index (χ3n) is 3.42. The number of amides is 1. The van der Waals surface area contributed by atoms with E-state index < -0.39 is 23.7 Å². The van der Waals surface area contributed by atoms with Crippen molar-refractivity contribution in [3.05, 3.63) is 35.4 Å². The molecular formula is C14H16F3NO3. The van der Waals surface area contributed by atoms with Gasteiger partial charge in [0.25, 0.3) is 0 Å². The molecule has 2 rings (SSSR count). The van der Waals surface area contributed by atoms with E-state index in [1.54, 1.807) is 0 Å². The van der Waals surface area contributed by atoms with Crippen molar-refractivity contribution in [2.75, 3.05) is 26.4 Å². The highest BCUT2D eigenvalue weighted by molar-refractivity contribution is 5.79. The molecular weight excluding hydrogens is 287 g/mol. The van der Waals surface area contributed by atoms with Crippen molar-refractivity contribution in [1.82, 2.24) is 4.90 Å². The number of nitrogens with zero attached hydrogens (tertiary/aromatic N) is 1. The molecule has 0 aromatic heterocycles. The summed E-state index contributed by atoms with van der Waals surface area (Å²) in [5, 5.41) is 9.21. The number of rotatable bonds is 3. The zero-order valence-corrected chi connectivity index (χ0v) is 11.3. The van der Waals surface area contributed by atoms with Crippen LogP contribution in [0, 0.1) is 0 Å². The van der Waals surface area contributed by atoms with Gasteiger partial charge in [0, 0.05) is 6.54 Å². The molecule has 1 aromatic carbocycles. The van der Waals surface area contributed by atoms with Crippen molar-refractivity contribution in [1.29, 1.82) is 0 Å². The molecule has 0 bridgehead atoms. The Balaban J connectivity index is 2.16. The Hall–Kier alpha value is -1.60. The lowest BCUT2D eigenvalue weighted by Crippen LogP contribution is -2.51. The summed E-state index contributed by atoms with van der Waals surface area (Å²) in [4.78, 5) is 13.6. The Bertz CT molecular complexity index is 504. The average molecular weight is 303 g/mol. The number of benzene rings is 1. The van der Waals surface area contributed by atoms with Crippen LogP contribution in [0.15, 0.2) is 24.3 Å². The minimum absolute atomic E-state index is 0.0572. The van der Waals surface area contributed by atoms with Gasteiger partial charge in [0.2, 0.25) is 5.91 Å². The summed E-state index contributed by atoms with van der Waals surface area (Å²) in [7, 11) is 0. The van der Waals surface area contributed by atoms with E-state index in [0.29, 0.717) is 6.61 Å². The zero-order chi connectivity index (χ0) is 15.5. The first-order chi connectivity index (χ1) is 9.93. The minimum atomic E-state index is -4.49. The number of hydrogen-bond donors (Lipinski definition) is 1. The Kier molecular flexibility index (Phi) is 4.84. The maximum atomic E-state index is 12.9. The zero-order valence-electron chi connectivity index (χ0n) is 11.3. The van der Waals surface area contributed by atoms with Crippen LogP contribution in [0.5, 0.6) is 0 Å². The number of hydrogen-bond acceptors (Lipinski definition) is 3. The first kappa shape index (κ1) is 15.8. The first-order valence-electron chi connectivity index (χ1n) is 6.56. The molecule has 1 aliphatic heterocycles. The molecule has 1 aliphatic rings. The highest BCUT2D eigenvalue weighted by Crippen LogP contribution is 2.32. The van der Waals surface area contributed by atoms with Crippen molar-refractivity contribution in [2.24, 2.45) is 0 Å². The third-order valence-corrected chi connectivity index (χ3v) is 3.42. The van der Waals surface area contributed by atoms with Crippen LogP contribution in [0.2, 0.25) is 0 Å². The van der Waals surface area contributed by atoms with Crippen LogP contribution in [0.3, 0.4) is 0 Å². The van der Waals surface area contributed by atoms with Crippen molar-refractivity contribution >= 4 is 5.91 Å². The summed E-state index contributed by atoms with van der Waals surface area (Å²) in [5.74, 6) is -0.436. The normalized spacial score (nSPS) is 19.6. The molecule has 1 fully saturated rings. The van der Waals surface area contributed by atoms with Gasteiger partial charge >= 0.3 is 6.18 Å². The number of morpholine rings is 1. The molecule has 0 spiro atoms. The predicted molar refractivity (Wildman–Crippen MR) is 68.6 cm³/mol. The molecule has 1 heterocycles. The number of halogens is 3. The van der Waals surface area contributed by atoms with Crippen molar-refractivity contribution < 1.29 is 27.8 Å². The average Bonchev–Trinajstić information content (AvgIpc) is 2.46. The Morgan fingerprint density at radius 3 is 2.76 bits per heavy atom. The fourth-order valence-corrected chi connectivity index (χ4v) is 2.35. The number of ether oxygens (including phenoxy) is 1. The topological polar surface area (TPSA) is 49.8 Å². The van der Waals surface area contributed by atoms with E-state index in [4.69, 9.17) is 4.74 Å². The summed E-state index contributed by atoms with van der Waals surface area (Å²) in [6, 6.07) is 4.54. The maximum absolute atomic E-state index is 12.9. The molecule has 0 aliphatic carbocycles. The largest absolute Gasteiger partial charge is 0.416 e. The molecule has 1 N–H and O–H groups in total. The number of carbonyl (C=O) groups excluding carboxylic acids is 1. The molecule has 7 heteroatoms. The van der Waals surface area contributed by atoms with Gasteiger partial charge in [0.05, 0.1) is 37.8 Å². The van der Waals surface area contributed by atoms with Gasteiger partial charge in [-0.15, -0.1) is 0 Å². The number of aliphatic hydroxyl groups is 1. The van der Waals surface area contributed by atoms with E-state index in [-0.39, 0.29) is 31.7 Å². The molecule has 1 aromatic rings. The van der Waals surface area contributed by atoms with Gasteiger partial charge in [-0.25, -0.2) is 0 Å². The lowest BCUT2D eigenvalue weighted by atomic mass is 10.0. The minimum Gasteiger partial charge on any atom is -0.394 e. The van der Waals surface area contributed by atoms with E-state index in [1.165, 1.54) is 23.1 Å². The third kappa shape index (κ3) is 3.74. The van der Waals surface area contributed by atoms with Crippen LogP contribution < -0.4 is 0 Å². The van der Waals surface area contributed by atoms with Gasteiger partial charge in [-0.3, -0.25) is 4.79 Å². The fraction of sp³-hybridized carbons (Fsp3) is 0.500. The standard InChI is InChI=1S/C14H16F3NO3/c15-14(16,17)12-4-2-1-3-10(12)7-13(20)18-5-6-21-9-11(18)8-19/h1-4,11,19H,5-9H2. The molecule has 116 valence electrons. The van der Waals surface area contributed by atoms with Crippen LogP contribution in [-0.2, 0) is 22.1 Å². The maximum Gasteiger partial charge on any atom is 0.416 e. The quantitative estimate of drug-likeness (QED) is 0.920. The van der Waals surface area contributed by atoms with Gasteiger partial charge in [0.15, 0.2) is 0 Å². The summed E-state index contributed by atoms with van der Waals surface area (Å²) < 4.78 is 43.8. The van der Waals surface area contributed by atoms with Crippen LogP contribution in [0.25, 0.3) is 0 Å². The molecule has 0 saturated carbocycles. The summed E-state index contributed by atoms with van der Waals surface area (Å²) >= 11 is 0. The second-order valence-corrected chi connectivity index (χ2v) is 4.83. The van der Waals surface area contributed by atoms with Crippen molar-refractivity contribution in [2.45, 2.75) is 18.6 Å². The second kappa shape index (κ2) is 6.44. The van der Waals surface area contributed by atoms with Crippen molar-refractivity contribution in [3.8, 4) is 0 Å². The molecule has 1 amide bonds. The molecule has 21 heavy (non-hydrogen) atoms. The molecule has 0 radical (unpaired) electrons. The van der Waals surface area contributed by atoms with Gasteiger partial charge < -0.3 is 14.7 Å². The van der Waals surface area contributed by atoms with Gasteiger partial charge in [0.1, 0.15) is 0 Å². The molecule has 1 atom stereocenters. The van der Waals surface area contributed by atoms with Crippen molar-refractivity contribution in [3.63, 3.8) is 0 Å². The lowest BCUT2D eigenvalue weighted by molar-refractivity contribution is -0.142. The first-order valence-corrected chi connectivity index (χ1v) is 6.56. The number of carbonyl (C=O) groups is 1. The lowest BCUT2D eigenvalue weighted by Gasteiger charge is -2.34. The fourth-order valence-electron chi connectivity index (χ4n) is 2.35. The van der Waals surface area contributed by atoms with E-state index >= 15 is 0 Å². The van der Waals surface area contributed by atoms with Crippen LogP contribution in [-0.4, -0.2) is 48.3 Å². The van der Waals surface area contributed by atoms with Crippen LogP contribution in [0.1, 0.15) is 11.1 Å². The summed E-state index contributed by atoms with van der Waals surface area (Å²) in [6.07, 6.45) is -4.83. The van der Waals surface area contributed by atoms with Gasteiger partial charge in [-0.2, -0.15) is 13.2 Å². The SMILES string of the molecule is O=C(Cc1ccccc1C(F)(F)F)N1CCOCC1CO. The predicted octanol–water partition coefficient (Wildman–Crippen LogP) is 1.47. The summed E-state index contributed by atoms with van der Waals surface area (Å²) in [6.45, 7) is 0.525. The molecule has 1 unspecified atom stereocenters. The van der Waals surface area contributed by atoms with E-state index in [1.807, 2.05) is 0 Å². The molecule has 4 nitrogen and oxygen atoms in total. The highest BCUT2D eigenvalue weighted by atomic mass is 19.4. The van der Waals surface area contributed by atoms with E-state index in [0.717, 1.165) is 6.07 Å². The number of alkyl halides is 3.